The molecule has 1 aliphatic rings. The van der Waals surface area contributed by atoms with Crippen LogP contribution in [-0.2, 0) is 16.1 Å². The van der Waals surface area contributed by atoms with Crippen LogP contribution in [0.4, 0.5) is 0 Å². The second-order valence-electron chi connectivity index (χ2n) is 7.89. The van der Waals surface area contributed by atoms with E-state index in [-0.39, 0.29) is 17.9 Å². The van der Waals surface area contributed by atoms with Crippen molar-refractivity contribution in [1.82, 2.24) is 4.90 Å². The lowest BCUT2D eigenvalue weighted by Crippen LogP contribution is -2.29. The zero-order chi connectivity index (χ0) is 23.5. The number of hydrogen-bond acceptors (Lipinski definition) is 5. The molecule has 1 N–H and O–H groups in total. The van der Waals surface area contributed by atoms with Gasteiger partial charge in [-0.1, -0.05) is 54.1 Å². The van der Waals surface area contributed by atoms with Crippen molar-refractivity contribution in [3.05, 3.63) is 101 Å². The zero-order valence-electron chi connectivity index (χ0n) is 18.7. The average molecular weight is 443 g/mol. The second kappa shape index (κ2) is 9.20. The van der Waals surface area contributed by atoms with Crippen molar-refractivity contribution < 1.29 is 24.2 Å². The van der Waals surface area contributed by atoms with Crippen molar-refractivity contribution >= 4 is 17.4 Å². The predicted octanol–water partition coefficient (Wildman–Crippen LogP) is 4.63. The number of methoxy groups -OCH3 is 2. The summed E-state index contributed by atoms with van der Waals surface area (Å²) >= 11 is 0. The molecule has 1 fully saturated rings. The molecule has 1 amide bonds. The standard InChI is InChI=1S/C27H25NO5/c1-17-8-6-10-19(14-17)24-23(25(29)21-12-4-5-13-22(21)33-3)26(30)27(31)28(24)16-18-9-7-11-20(15-18)32-2/h4-15,24,29H,16H2,1-3H3/b25-23-. The molecule has 1 aliphatic heterocycles. The van der Waals surface area contributed by atoms with Crippen LogP contribution >= 0.6 is 0 Å². The maximum Gasteiger partial charge on any atom is 0.295 e. The van der Waals surface area contributed by atoms with Gasteiger partial charge in [0.05, 0.1) is 31.4 Å². The van der Waals surface area contributed by atoms with E-state index in [1.807, 2.05) is 55.5 Å². The van der Waals surface area contributed by atoms with Gasteiger partial charge in [0.15, 0.2) is 0 Å². The van der Waals surface area contributed by atoms with Gasteiger partial charge in [-0.3, -0.25) is 9.59 Å². The van der Waals surface area contributed by atoms with Gasteiger partial charge in [-0.05, 0) is 42.3 Å². The van der Waals surface area contributed by atoms with Crippen LogP contribution in [0.2, 0.25) is 0 Å². The third kappa shape index (κ3) is 4.20. The summed E-state index contributed by atoms with van der Waals surface area (Å²) in [5.41, 5.74) is 2.94. The van der Waals surface area contributed by atoms with Gasteiger partial charge in [-0.25, -0.2) is 0 Å². The van der Waals surface area contributed by atoms with E-state index in [0.29, 0.717) is 17.1 Å². The van der Waals surface area contributed by atoms with Gasteiger partial charge in [-0.15, -0.1) is 0 Å². The molecule has 0 spiro atoms. The van der Waals surface area contributed by atoms with Crippen molar-refractivity contribution in [2.45, 2.75) is 19.5 Å². The monoisotopic (exact) mass is 443 g/mol. The van der Waals surface area contributed by atoms with Crippen molar-refractivity contribution in [3.8, 4) is 11.5 Å². The number of Topliss-reactive ketones (excluding diaryl/α,β-unsaturated/α-hetero) is 1. The van der Waals surface area contributed by atoms with Crippen LogP contribution in [0.3, 0.4) is 0 Å². The van der Waals surface area contributed by atoms with Crippen molar-refractivity contribution in [2.24, 2.45) is 0 Å². The quantitative estimate of drug-likeness (QED) is 0.341. The molecule has 6 heteroatoms. The Hall–Kier alpha value is -4.06. The Kier molecular flexibility index (Phi) is 6.18. The van der Waals surface area contributed by atoms with Crippen molar-refractivity contribution in [1.29, 1.82) is 0 Å². The van der Waals surface area contributed by atoms with E-state index in [4.69, 9.17) is 9.47 Å². The number of rotatable bonds is 6. The van der Waals surface area contributed by atoms with Crippen LogP contribution in [0.5, 0.6) is 11.5 Å². The van der Waals surface area contributed by atoms with Gasteiger partial charge in [0.1, 0.15) is 17.3 Å². The number of aryl methyl sites for hydroxylation is 1. The molecule has 1 unspecified atom stereocenters. The number of nitrogens with zero attached hydrogens (tertiary/aromatic N) is 1. The molecular weight excluding hydrogens is 418 g/mol. The highest BCUT2D eigenvalue weighted by Gasteiger charge is 2.46. The van der Waals surface area contributed by atoms with Gasteiger partial charge in [0.2, 0.25) is 0 Å². The molecule has 0 radical (unpaired) electrons. The lowest BCUT2D eigenvalue weighted by Gasteiger charge is -2.26. The fourth-order valence-electron chi connectivity index (χ4n) is 4.18. The Balaban J connectivity index is 1.88. The minimum atomic E-state index is -0.749. The molecule has 0 saturated carbocycles. The maximum absolute atomic E-state index is 13.2. The Morgan fingerprint density at radius 1 is 0.939 bits per heavy atom. The van der Waals surface area contributed by atoms with E-state index in [1.165, 1.54) is 12.0 Å². The van der Waals surface area contributed by atoms with Crippen LogP contribution in [0.1, 0.15) is 28.3 Å². The summed E-state index contributed by atoms with van der Waals surface area (Å²) in [6, 6.07) is 21.1. The van der Waals surface area contributed by atoms with Crippen molar-refractivity contribution in [2.75, 3.05) is 14.2 Å². The minimum Gasteiger partial charge on any atom is -0.507 e. The van der Waals surface area contributed by atoms with E-state index in [2.05, 4.69) is 0 Å². The molecule has 33 heavy (non-hydrogen) atoms. The zero-order valence-corrected chi connectivity index (χ0v) is 18.7. The molecule has 6 nitrogen and oxygen atoms in total. The number of aliphatic hydroxyl groups is 1. The number of carbonyl (C=O) groups excluding carboxylic acids is 2. The van der Waals surface area contributed by atoms with Crippen LogP contribution in [0, 0.1) is 6.92 Å². The molecule has 3 aromatic rings. The Bertz CT molecular complexity index is 1250. The van der Waals surface area contributed by atoms with E-state index < -0.39 is 17.7 Å². The molecule has 168 valence electrons. The SMILES string of the molecule is COc1cccc(CN2C(=O)C(=O)/C(=C(\O)c3ccccc3OC)C2c2cccc(C)c2)c1. The number of ether oxygens (including phenoxy) is 2. The van der Waals surface area contributed by atoms with E-state index >= 15 is 0 Å². The van der Waals surface area contributed by atoms with E-state index in [0.717, 1.165) is 16.7 Å². The summed E-state index contributed by atoms with van der Waals surface area (Å²) in [6.45, 7) is 2.13. The summed E-state index contributed by atoms with van der Waals surface area (Å²) in [7, 11) is 3.07. The highest BCUT2D eigenvalue weighted by molar-refractivity contribution is 6.46. The van der Waals surface area contributed by atoms with Gasteiger partial charge in [0, 0.05) is 6.54 Å². The van der Waals surface area contributed by atoms with E-state index in [1.54, 1.807) is 31.4 Å². The Morgan fingerprint density at radius 3 is 2.42 bits per heavy atom. The first-order valence-electron chi connectivity index (χ1n) is 10.6. The molecule has 1 heterocycles. The Labute approximate surface area is 192 Å². The highest BCUT2D eigenvalue weighted by Crippen LogP contribution is 2.41. The Morgan fingerprint density at radius 2 is 1.70 bits per heavy atom. The smallest absolute Gasteiger partial charge is 0.295 e. The van der Waals surface area contributed by atoms with Crippen LogP contribution in [-0.4, -0.2) is 35.9 Å². The van der Waals surface area contributed by atoms with Gasteiger partial charge in [-0.2, -0.15) is 0 Å². The number of amides is 1. The number of aliphatic hydroxyl groups excluding tert-OH is 1. The summed E-state index contributed by atoms with van der Waals surface area (Å²) in [6.07, 6.45) is 0. The molecule has 3 aromatic carbocycles. The fraction of sp³-hybridized carbons (Fsp3) is 0.185. The van der Waals surface area contributed by atoms with Crippen molar-refractivity contribution in [3.63, 3.8) is 0 Å². The molecule has 4 rings (SSSR count). The topological polar surface area (TPSA) is 76.1 Å². The lowest BCUT2D eigenvalue weighted by molar-refractivity contribution is -0.140. The minimum absolute atomic E-state index is 0.0398. The first kappa shape index (κ1) is 22.1. The molecule has 0 aliphatic carbocycles. The predicted molar refractivity (Wildman–Crippen MR) is 125 cm³/mol. The van der Waals surface area contributed by atoms with Crippen LogP contribution in [0.15, 0.2) is 78.4 Å². The van der Waals surface area contributed by atoms with E-state index in [9.17, 15) is 14.7 Å². The third-order valence-corrected chi connectivity index (χ3v) is 5.75. The number of likely N-dealkylation sites (tertiary alicyclic amines) is 1. The van der Waals surface area contributed by atoms with Gasteiger partial charge in [0.25, 0.3) is 11.7 Å². The number of carbonyl (C=O) groups is 2. The molecular formula is C27H25NO5. The molecule has 0 bridgehead atoms. The first-order chi connectivity index (χ1) is 15.9. The number of benzene rings is 3. The molecule has 1 atom stereocenters. The summed E-state index contributed by atoms with van der Waals surface area (Å²) in [5.74, 6) is -0.582. The first-order valence-corrected chi connectivity index (χ1v) is 10.6. The largest absolute Gasteiger partial charge is 0.507 e. The van der Waals surface area contributed by atoms with Gasteiger partial charge < -0.3 is 19.5 Å². The maximum atomic E-state index is 13.2. The highest BCUT2D eigenvalue weighted by atomic mass is 16.5. The number of para-hydroxylation sites is 1. The van der Waals surface area contributed by atoms with Crippen LogP contribution < -0.4 is 9.47 Å². The average Bonchev–Trinajstić information content (AvgIpc) is 3.08. The summed E-state index contributed by atoms with van der Waals surface area (Å²) in [5, 5.41) is 11.3. The normalized spacial score (nSPS) is 17.3. The lowest BCUT2D eigenvalue weighted by atomic mass is 9.94. The van der Waals surface area contributed by atoms with Gasteiger partial charge >= 0.3 is 0 Å². The molecule has 1 saturated heterocycles. The molecule has 0 aromatic heterocycles. The fourth-order valence-corrected chi connectivity index (χ4v) is 4.18. The number of ketones is 1. The van der Waals surface area contributed by atoms with Crippen LogP contribution in [0.25, 0.3) is 5.76 Å². The summed E-state index contributed by atoms with van der Waals surface area (Å²) in [4.78, 5) is 27.9. The third-order valence-electron chi connectivity index (χ3n) is 5.75. The number of hydrogen-bond donors (Lipinski definition) is 1. The second-order valence-corrected chi connectivity index (χ2v) is 7.89. The summed E-state index contributed by atoms with van der Waals surface area (Å²) < 4.78 is 10.7.